The van der Waals surface area contributed by atoms with Gasteiger partial charge in [0.1, 0.15) is 0 Å². The van der Waals surface area contributed by atoms with E-state index in [9.17, 15) is 5.11 Å². The number of aliphatic hydroxyl groups is 2. The van der Waals surface area contributed by atoms with Crippen molar-refractivity contribution < 1.29 is 10.2 Å². The van der Waals surface area contributed by atoms with Gasteiger partial charge in [0, 0.05) is 0 Å². The van der Waals surface area contributed by atoms with Gasteiger partial charge in [0.2, 0.25) is 0 Å². The molecule has 0 amide bonds. The Hall–Kier alpha value is -0.340. The fourth-order valence-corrected chi connectivity index (χ4v) is 1.64. The van der Waals surface area contributed by atoms with Crippen molar-refractivity contribution in [1.82, 2.24) is 0 Å². The lowest BCUT2D eigenvalue weighted by atomic mass is 9.80. The van der Waals surface area contributed by atoms with Gasteiger partial charge in [0.05, 0.1) is 12.2 Å². The highest BCUT2D eigenvalue weighted by Crippen LogP contribution is 2.32. The molecule has 0 radical (unpaired) electrons. The second-order valence-electron chi connectivity index (χ2n) is 3.35. The molecule has 0 spiro atoms. The molecule has 2 nitrogen and oxygen atoms in total. The van der Waals surface area contributed by atoms with Crippen molar-refractivity contribution in [1.29, 1.82) is 0 Å². The van der Waals surface area contributed by atoms with Crippen LogP contribution in [0.4, 0.5) is 0 Å². The van der Waals surface area contributed by atoms with E-state index < -0.39 is 5.60 Å². The normalized spacial score (nSPS) is 23.1. The fraction of sp³-hybridized carbons (Fsp3) is 0.778. The zero-order valence-electron chi connectivity index (χ0n) is 6.84. The summed E-state index contributed by atoms with van der Waals surface area (Å²) >= 11 is 0. The Labute approximate surface area is 67.6 Å². The predicted octanol–water partition coefficient (Wildman–Crippen LogP) is 1.23. The maximum atomic E-state index is 9.88. The van der Waals surface area contributed by atoms with Crippen LogP contribution in [0.1, 0.15) is 32.1 Å². The summed E-state index contributed by atoms with van der Waals surface area (Å²) in [7, 11) is 0. The monoisotopic (exact) mass is 156 g/mol. The number of rotatable bonds is 2. The number of hydrogen-bond acceptors (Lipinski definition) is 2. The van der Waals surface area contributed by atoms with E-state index >= 15 is 0 Å². The van der Waals surface area contributed by atoms with Crippen molar-refractivity contribution in [2.75, 3.05) is 6.61 Å². The molecule has 0 aromatic rings. The van der Waals surface area contributed by atoms with Gasteiger partial charge in [-0.1, -0.05) is 25.8 Å². The Morgan fingerprint density at radius 2 is 1.82 bits per heavy atom. The maximum absolute atomic E-state index is 9.88. The highest BCUT2D eigenvalue weighted by molar-refractivity contribution is 5.13. The standard InChI is InChI=1S/C9H16O2/c1-8(7-10)9(11)5-3-2-4-6-9/h10-11H,1-7H2. The second kappa shape index (κ2) is 3.37. The minimum atomic E-state index is -0.757. The fourth-order valence-electron chi connectivity index (χ4n) is 1.64. The average Bonchev–Trinajstić information content (AvgIpc) is 2.04. The zero-order valence-corrected chi connectivity index (χ0v) is 6.84. The van der Waals surface area contributed by atoms with Crippen molar-refractivity contribution in [3.63, 3.8) is 0 Å². The van der Waals surface area contributed by atoms with E-state index in [1.54, 1.807) is 0 Å². The first-order chi connectivity index (χ1) is 5.19. The molecule has 0 aliphatic heterocycles. The Kier molecular flexibility index (Phi) is 2.68. The van der Waals surface area contributed by atoms with Crippen LogP contribution in [0, 0.1) is 0 Å². The van der Waals surface area contributed by atoms with Gasteiger partial charge in [-0.2, -0.15) is 0 Å². The molecule has 0 unspecified atom stereocenters. The van der Waals surface area contributed by atoms with Gasteiger partial charge in [0.15, 0.2) is 0 Å². The lowest BCUT2D eigenvalue weighted by Crippen LogP contribution is -2.34. The molecular formula is C9H16O2. The molecule has 0 atom stereocenters. The van der Waals surface area contributed by atoms with Gasteiger partial charge in [-0.05, 0) is 18.4 Å². The topological polar surface area (TPSA) is 40.5 Å². The van der Waals surface area contributed by atoms with Crippen LogP contribution < -0.4 is 0 Å². The molecule has 1 aliphatic carbocycles. The van der Waals surface area contributed by atoms with Gasteiger partial charge in [0.25, 0.3) is 0 Å². The van der Waals surface area contributed by atoms with E-state index in [0.29, 0.717) is 5.57 Å². The molecule has 2 N–H and O–H groups in total. The average molecular weight is 156 g/mol. The third-order valence-corrected chi connectivity index (χ3v) is 2.53. The Balaban J connectivity index is 2.56. The summed E-state index contributed by atoms with van der Waals surface area (Å²) in [5.74, 6) is 0. The van der Waals surface area contributed by atoms with E-state index in [0.717, 1.165) is 25.7 Å². The van der Waals surface area contributed by atoms with Crippen molar-refractivity contribution >= 4 is 0 Å². The van der Waals surface area contributed by atoms with Gasteiger partial charge in [-0.25, -0.2) is 0 Å². The second-order valence-corrected chi connectivity index (χ2v) is 3.35. The van der Waals surface area contributed by atoms with E-state index in [2.05, 4.69) is 6.58 Å². The molecule has 0 saturated heterocycles. The molecule has 1 saturated carbocycles. The van der Waals surface area contributed by atoms with Crippen LogP contribution in [0.25, 0.3) is 0 Å². The highest BCUT2D eigenvalue weighted by Gasteiger charge is 2.31. The molecule has 0 aromatic heterocycles. The first-order valence-electron chi connectivity index (χ1n) is 4.20. The number of aliphatic hydroxyl groups excluding tert-OH is 1. The van der Waals surface area contributed by atoms with Gasteiger partial charge in [-0.3, -0.25) is 0 Å². The van der Waals surface area contributed by atoms with Crippen LogP contribution in [0.15, 0.2) is 12.2 Å². The van der Waals surface area contributed by atoms with E-state index in [-0.39, 0.29) is 6.61 Å². The quantitative estimate of drug-likeness (QED) is 0.590. The Morgan fingerprint density at radius 3 is 2.27 bits per heavy atom. The molecule has 11 heavy (non-hydrogen) atoms. The molecule has 0 aromatic carbocycles. The molecule has 2 heteroatoms. The molecule has 1 fully saturated rings. The zero-order chi connectivity index (χ0) is 8.32. The van der Waals surface area contributed by atoms with Crippen LogP contribution in [0.3, 0.4) is 0 Å². The molecular weight excluding hydrogens is 140 g/mol. The van der Waals surface area contributed by atoms with E-state index in [1.165, 1.54) is 6.42 Å². The van der Waals surface area contributed by atoms with Crippen LogP contribution in [-0.2, 0) is 0 Å². The summed E-state index contributed by atoms with van der Waals surface area (Å²) in [5.41, 5.74) is -0.176. The van der Waals surface area contributed by atoms with Crippen molar-refractivity contribution in [2.24, 2.45) is 0 Å². The third-order valence-electron chi connectivity index (χ3n) is 2.53. The minimum absolute atomic E-state index is 0.0868. The van der Waals surface area contributed by atoms with E-state index in [4.69, 9.17) is 5.11 Å². The maximum Gasteiger partial charge on any atom is 0.0876 e. The molecule has 1 aliphatic rings. The van der Waals surface area contributed by atoms with Gasteiger partial charge in [-0.15, -0.1) is 0 Å². The molecule has 0 bridgehead atoms. The SMILES string of the molecule is C=C(CO)C1(O)CCCCC1. The molecule has 1 rings (SSSR count). The lowest BCUT2D eigenvalue weighted by molar-refractivity contribution is 0.0303. The first kappa shape index (κ1) is 8.75. The van der Waals surface area contributed by atoms with Crippen LogP contribution >= 0.6 is 0 Å². The Bertz CT molecular complexity index is 146. The largest absolute Gasteiger partial charge is 0.392 e. The van der Waals surface area contributed by atoms with Crippen molar-refractivity contribution in [3.8, 4) is 0 Å². The first-order valence-corrected chi connectivity index (χ1v) is 4.20. The van der Waals surface area contributed by atoms with Crippen molar-refractivity contribution in [3.05, 3.63) is 12.2 Å². The lowest BCUT2D eigenvalue weighted by Gasteiger charge is -2.33. The summed E-state index contributed by atoms with van der Waals surface area (Å²) < 4.78 is 0. The predicted molar refractivity (Wildman–Crippen MR) is 44.3 cm³/mol. The third kappa shape index (κ3) is 1.82. The van der Waals surface area contributed by atoms with Crippen LogP contribution in [0.2, 0.25) is 0 Å². The van der Waals surface area contributed by atoms with E-state index in [1.807, 2.05) is 0 Å². The molecule has 0 heterocycles. The van der Waals surface area contributed by atoms with Crippen LogP contribution in [-0.4, -0.2) is 22.4 Å². The summed E-state index contributed by atoms with van der Waals surface area (Å²) in [6.45, 7) is 3.58. The van der Waals surface area contributed by atoms with Crippen molar-refractivity contribution in [2.45, 2.75) is 37.7 Å². The minimum Gasteiger partial charge on any atom is -0.392 e. The number of hydrogen-bond donors (Lipinski definition) is 2. The smallest absolute Gasteiger partial charge is 0.0876 e. The summed E-state index contributed by atoms with van der Waals surface area (Å²) in [4.78, 5) is 0. The summed E-state index contributed by atoms with van der Waals surface area (Å²) in [6, 6.07) is 0. The van der Waals surface area contributed by atoms with Gasteiger partial charge >= 0.3 is 0 Å². The van der Waals surface area contributed by atoms with Gasteiger partial charge < -0.3 is 10.2 Å². The molecule has 64 valence electrons. The summed E-state index contributed by atoms with van der Waals surface area (Å²) in [6.07, 6.45) is 4.84. The summed E-state index contributed by atoms with van der Waals surface area (Å²) in [5, 5.41) is 18.7. The van der Waals surface area contributed by atoms with Crippen LogP contribution in [0.5, 0.6) is 0 Å². The highest BCUT2D eigenvalue weighted by atomic mass is 16.3. The Morgan fingerprint density at radius 1 is 1.27 bits per heavy atom.